The summed E-state index contributed by atoms with van der Waals surface area (Å²) < 4.78 is 21.4. The van der Waals surface area contributed by atoms with Crippen molar-refractivity contribution >= 4 is 41.1 Å². The molecule has 0 unspecified atom stereocenters. The highest BCUT2D eigenvalue weighted by molar-refractivity contribution is 9.10. The Labute approximate surface area is 237 Å². The van der Waals surface area contributed by atoms with Gasteiger partial charge in [0.05, 0.1) is 23.1 Å². The molecule has 2 aromatic carbocycles. The van der Waals surface area contributed by atoms with Gasteiger partial charge in [0.2, 0.25) is 0 Å². The number of aromatic nitrogens is 2. The van der Waals surface area contributed by atoms with E-state index >= 15 is 0 Å². The molecule has 3 atom stereocenters. The molecule has 0 spiro atoms. The van der Waals surface area contributed by atoms with Gasteiger partial charge < -0.3 is 13.9 Å². The van der Waals surface area contributed by atoms with Gasteiger partial charge in [0.1, 0.15) is 18.4 Å². The van der Waals surface area contributed by atoms with Crippen LogP contribution in [-0.4, -0.2) is 42.7 Å². The SMILES string of the molecule is CC(C)[Si](OC[C@H]1O[C@H](n2c(=O)[nH]c(=O)c3cc(Br)ccc32)C[C@@H]1OC(=O)c1ccccc1)(C(C)C)C(C)C. The molecule has 2 heterocycles. The van der Waals surface area contributed by atoms with Crippen molar-refractivity contribution in [2.24, 2.45) is 0 Å². The zero-order valence-electron chi connectivity index (χ0n) is 23.3. The maximum atomic E-state index is 13.1. The lowest BCUT2D eigenvalue weighted by Crippen LogP contribution is -2.50. The van der Waals surface area contributed by atoms with Crippen LogP contribution in [0, 0.1) is 0 Å². The Hall–Kier alpha value is -2.53. The molecule has 10 heteroatoms. The lowest BCUT2D eigenvalue weighted by molar-refractivity contribution is -0.0490. The number of fused-ring (bicyclic) bond motifs is 1. The van der Waals surface area contributed by atoms with Gasteiger partial charge in [-0.05, 0) is 47.0 Å². The second-order valence-electron chi connectivity index (χ2n) is 11.1. The van der Waals surface area contributed by atoms with E-state index in [2.05, 4.69) is 62.5 Å². The average molecular weight is 618 g/mol. The van der Waals surface area contributed by atoms with Gasteiger partial charge in [-0.25, -0.2) is 9.59 Å². The van der Waals surface area contributed by atoms with Crippen LogP contribution >= 0.6 is 15.9 Å². The van der Waals surface area contributed by atoms with E-state index in [0.29, 0.717) is 33.1 Å². The summed E-state index contributed by atoms with van der Waals surface area (Å²) >= 11 is 3.39. The summed E-state index contributed by atoms with van der Waals surface area (Å²) in [4.78, 5) is 41.0. The van der Waals surface area contributed by atoms with Crippen LogP contribution in [0.15, 0.2) is 62.6 Å². The van der Waals surface area contributed by atoms with Crippen LogP contribution in [-0.2, 0) is 13.9 Å². The molecule has 210 valence electrons. The smallest absolute Gasteiger partial charge is 0.338 e. The van der Waals surface area contributed by atoms with Crippen molar-refractivity contribution in [1.29, 1.82) is 0 Å². The molecule has 1 aromatic heterocycles. The molecule has 39 heavy (non-hydrogen) atoms. The minimum atomic E-state index is -2.24. The summed E-state index contributed by atoms with van der Waals surface area (Å²) in [7, 11) is -2.24. The van der Waals surface area contributed by atoms with E-state index in [1.807, 2.05) is 6.07 Å². The molecule has 4 rings (SSSR count). The lowest BCUT2D eigenvalue weighted by atomic mass is 10.1. The first-order valence-corrected chi connectivity index (χ1v) is 16.4. The zero-order chi connectivity index (χ0) is 28.5. The Balaban J connectivity index is 1.70. The molecule has 8 nitrogen and oxygen atoms in total. The van der Waals surface area contributed by atoms with Gasteiger partial charge in [-0.2, -0.15) is 0 Å². The van der Waals surface area contributed by atoms with Crippen LogP contribution in [0.5, 0.6) is 0 Å². The number of carbonyl (C=O) groups is 1. The number of ether oxygens (including phenoxy) is 2. The number of esters is 1. The molecule has 0 radical (unpaired) electrons. The number of nitrogens with zero attached hydrogens (tertiary/aromatic N) is 1. The standard InChI is InChI=1S/C29H37BrN2O6Si/c1-17(2)39(18(3)4,19(5)6)36-16-25-24(38-28(34)20-10-8-7-9-11-20)15-26(37-25)32-23-13-12-21(30)14-22(23)27(33)31-29(32)35/h7-14,17-19,24-26H,15-16H2,1-6H3,(H,31,33,35)/t24-,25+,26-/m0/s1. The van der Waals surface area contributed by atoms with E-state index in [0.717, 1.165) is 4.47 Å². The molecular weight excluding hydrogens is 580 g/mol. The third-order valence-corrected chi connectivity index (χ3v) is 14.4. The Morgan fingerprint density at radius 1 is 1.05 bits per heavy atom. The van der Waals surface area contributed by atoms with Crippen molar-refractivity contribution in [2.75, 3.05) is 6.61 Å². The van der Waals surface area contributed by atoms with Crippen molar-refractivity contribution in [3.05, 3.63) is 79.4 Å². The number of benzene rings is 2. The fourth-order valence-corrected chi connectivity index (χ4v) is 12.0. The van der Waals surface area contributed by atoms with Crippen molar-refractivity contribution in [3.63, 3.8) is 0 Å². The molecule has 0 aliphatic carbocycles. The second kappa shape index (κ2) is 11.9. The molecular formula is C29H37BrN2O6Si. The van der Waals surface area contributed by atoms with Crippen LogP contribution in [0.2, 0.25) is 16.6 Å². The van der Waals surface area contributed by atoms with Gasteiger partial charge in [0.15, 0.2) is 8.32 Å². The fraction of sp³-hybridized carbons (Fsp3) is 0.483. The Bertz CT molecular complexity index is 1410. The number of hydrogen-bond donors (Lipinski definition) is 1. The van der Waals surface area contributed by atoms with E-state index in [4.69, 9.17) is 13.9 Å². The maximum Gasteiger partial charge on any atom is 0.338 e. The first kappa shape index (κ1) is 29.4. The highest BCUT2D eigenvalue weighted by Crippen LogP contribution is 2.43. The quantitative estimate of drug-likeness (QED) is 0.228. The topological polar surface area (TPSA) is 99.6 Å². The normalized spacial score (nSPS) is 19.9. The van der Waals surface area contributed by atoms with Crippen LogP contribution < -0.4 is 11.2 Å². The molecule has 0 amide bonds. The van der Waals surface area contributed by atoms with E-state index in [1.165, 1.54) is 4.57 Å². The van der Waals surface area contributed by atoms with Crippen LogP contribution in [0.1, 0.15) is 64.5 Å². The fourth-order valence-electron chi connectivity index (χ4n) is 6.16. The first-order valence-electron chi connectivity index (χ1n) is 13.4. The van der Waals surface area contributed by atoms with Gasteiger partial charge >= 0.3 is 11.7 Å². The first-order chi connectivity index (χ1) is 18.5. The van der Waals surface area contributed by atoms with E-state index < -0.39 is 44.0 Å². The van der Waals surface area contributed by atoms with Crippen molar-refractivity contribution in [2.45, 2.75) is 83.0 Å². The number of rotatable bonds is 9. The van der Waals surface area contributed by atoms with Crippen LogP contribution in [0.25, 0.3) is 10.9 Å². The summed E-state index contributed by atoms with van der Waals surface area (Å²) in [6, 6.07) is 14.0. The van der Waals surface area contributed by atoms with Crippen LogP contribution in [0.4, 0.5) is 0 Å². The second-order valence-corrected chi connectivity index (χ2v) is 17.5. The van der Waals surface area contributed by atoms with Crippen molar-refractivity contribution in [3.8, 4) is 0 Å². The van der Waals surface area contributed by atoms with Gasteiger partial charge in [-0.15, -0.1) is 0 Å². The largest absolute Gasteiger partial charge is 0.456 e. The highest BCUT2D eigenvalue weighted by Gasteiger charge is 2.47. The van der Waals surface area contributed by atoms with Gasteiger partial charge in [0, 0.05) is 10.9 Å². The monoisotopic (exact) mass is 616 g/mol. The van der Waals surface area contributed by atoms with Gasteiger partial charge in [0.25, 0.3) is 5.56 Å². The molecule has 3 aromatic rings. The summed E-state index contributed by atoms with van der Waals surface area (Å²) in [5.41, 5.74) is 0.927. The van der Waals surface area contributed by atoms with E-state index in [9.17, 15) is 14.4 Å². The molecule has 0 saturated carbocycles. The average Bonchev–Trinajstić information content (AvgIpc) is 3.26. The summed E-state index contributed by atoms with van der Waals surface area (Å²) in [5, 5.41) is 0.357. The Morgan fingerprint density at radius 3 is 2.31 bits per heavy atom. The van der Waals surface area contributed by atoms with Gasteiger partial charge in [-0.3, -0.25) is 14.3 Å². The number of aromatic amines is 1. The number of carbonyl (C=O) groups excluding carboxylic acids is 1. The number of hydrogen-bond acceptors (Lipinski definition) is 6. The maximum absolute atomic E-state index is 13.1. The van der Waals surface area contributed by atoms with E-state index in [-0.39, 0.29) is 13.0 Å². The minimum Gasteiger partial charge on any atom is -0.456 e. The zero-order valence-corrected chi connectivity index (χ0v) is 25.9. The van der Waals surface area contributed by atoms with Crippen LogP contribution in [0.3, 0.4) is 0 Å². The van der Waals surface area contributed by atoms with Crippen molar-refractivity contribution < 1.29 is 18.7 Å². The molecule has 1 fully saturated rings. The summed E-state index contributed by atoms with van der Waals surface area (Å²) in [6.45, 7) is 13.5. The lowest BCUT2D eigenvalue weighted by Gasteiger charge is -2.43. The predicted octanol–water partition coefficient (Wildman–Crippen LogP) is 6.16. The third-order valence-electron chi connectivity index (χ3n) is 7.84. The Kier molecular flexibility index (Phi) is 9.00. The van der Waals surface area contributed by atoms with Crippen molar-refractivity contribution in [1.82, 2.24) is 9.55 Å². The molecule has 0 bridgehead atoms. The minimum absolute atomic E-state index is 0.239. The molecule has 1 saturated heterocycles. The molecule has 1 aliphatic rings. The number of nitrogens with one attached hydrogen (secondary N) is 1. The molecule has 1 aliphatic heterocycles. The summed E-state index contributed by atoms with van der Waals surface area (Å²) in [6.07, 6.45) is -1.75. The van der Waals surface area contributed by atoms with Gasteiger partial charge in [-0.1, -0.05) is 75.7 Å². The third kappa shape index (κ3) is 5.84. The number of H-pyrrole nitrogens is 1. The molecule has 1 N–H and O–H groups in total. The van der Waals surface area contributed by atoms with E-state index in [1.54, 1.807) is 42.5 Å². The Morgan fingerprint density at radius 2 is 1.69 bits per heavy atom. The number of halogens is 1. The highest BCUT2D eigenvalue weighted by atomic mass is 79.9. The predicted molar refractivity (Wildman–Crippen MR) is 158 cm³/mol. The summed E-state index contributed by atoms with van der Waals surface area (Å²) in [5.74, 6) is -0.461.